The van der Waals surface area contributed by atoms with Gasteiger partial charge < -0.3 is 5.73 Å². The molecule has 1 heterocycles. The molecule has 20 heavy (non-hydrogen) atoms. The van der Waals surface area contributed by atoms with E-state index in [9.17, 15) is 4.39 Å². The van der Waals surface area contributed by atoms with E-state index in [1.54, 1.807) is 17.4 Å². The molecule has 0 radical (unpaired) electrons. The number of halogens is 1. The average molecular weight is 289 g/mol. The van der Waals surface area contributed by atoms with E-state index in [4.69, 9.17) is 5.73 Å². The Morgan fingerprint density at radius 1 is 1.15 bits per heavy atom. The number of hydrogen-bond donors (Lipinski definition) is 1. The minimum absolute atomic E-state index is 0.202. The third-order valence-corrected chi connectivity index (χ3v) is 5.38. The Bertz CT molecular complexity index is 594. The normalized spacial score (nSPS) is 16.6. The third-order valence-electron chi connectivity index (χ3n) is 4.06. The van der Waals surface area contributed by atoms with Crippen LogP contribution in [-0.4, -0.2) is 0 Å². The van der Waals surface area contributed by atoms with Crippen LogP contribution in [0, 0.1) is 12.7 Å². The summed E-state index contributed by atoms with van der Waals surface area (Å²) in [6.07, 6.45) is 6.14. The van der Waals surface area contributed by atoms with Gasteiger partial charge in [0.15, 0.2) is 0 Å². The SMILES string of the molecule is Cc1ccc(F)c(C(N)c2cc3c(s2)CCCCC3)c1. The van der Waals surface area contributed by atoms with Crippen LogP contribution < -0.4 is 5.73 Å². The average Bonchev–Trinajstić information content (AvgIpc) is 2.72. The number of fused-ring (bicyclic) bond motifs is 1. The highest BCUT2D eigenvalue weighted by atomic mass is 32.1. The highest BCUT2D eigenvalue weighted by molar-refractivity contribution is 7.12. The van der Waals surface area contributed by atoms with Gasteiger partial charge in [-0.25, -0.2) is 4.39 Å². The van der Waals surface area contributed by atoms with E-state index >= 15 is 0 Å². The molecular weight excluding hydrogens is 269 g/mol. The number of thiophene rings is 1. The van der Waals surface area contributed by atoms with Gasteiger partial charge in [0, 0.05) is 15.3 Å². The summed E-state index contributed by atoms with van der Waals surface area (Å²) in [7, 11) is 0. The molecule has 0 aliphatic heterocycles. The van der Waals surface area contributed by atoms with Crippen molar-refractivity contribution < 1.29 is 4.39 Å². The standard InChI is InChI=1S/C17H20FNS/c1-11-7-8-14(18)13(9-11)17(19)16-10-12-5-3-2-4-6-15(12)20-16/h7-10,17H,2-6,19H2,1H3. The fourth-order valence-corrected chi connectivity index (χ4v) is 4.18. The van der Waals surface area contributed by atoms with Gasteiger partial charge in [-0.3, -0.25) is 0 Å². The number of hydrogen-bond acceptors (Lipinski definition) is 2. The van der Waals surface area contributed by atoms with Gasteiger partial charge in [-0.1, -0.05) is 24.1 Å². The predicted molar refractivity (Wildman–Crippen MR) is 82.7 cm³/mol. The minimum Gasteiger partial charge on any atom is -0.320 e. The maximum absolute atomic E-state index is 14.0. The van der Waals surface area contributed by atoms with Gasteiger partial charge >= 0.3 is 0 Å². The molecule has 1 aromatic heterocycles. The van der Waals surface area contributed by atoms with Crippen LogP contribution >= 0.6 is 11.3 Å². The molecule has 0 fully saturated rings. The first kappa shape index (κ1) is 13.8. The Balaban J connectivity index is 1.94. The molecule has 0 saturated heterocycles. The van der Waals surface area contributed by atoms with Crippen LogP contribution in [-0.2, 0) is 12.8 Å². The molecule has 0 spiro atoms. The quantitative estimate of drug-likeness (QED) is 0.809. The Morgan fingerprint density at radius 2 is 1.95 bits per heavy atom. The van der Waals surface area contributed by atoms with Crippen molar-refractivity contribution in [3.8, 4) is 0 Å². The zero-order chi connectivity index (χ0) is 14.1. The van der Waals surface area contributed by atoms with Crippen molar-refractivity contribution in [1.82, 2.24) is 0 Å². The van der Waals surface area contributed by atoms with Gasteiger partial charge in [0.05, 0.1) is 6.04 Å². The molecule has 3 rings (SSSR count). The van der Waals surface area contributed by atoms with Crippen molar-refractivity contribution in [1.29, 1.82) is 0 Å². The molecule has 2 aromatic rings. The molecule has 2 N–H and O–H groups in total. The largest absolute Gasteiger partial charge is 0.320 e. The van der Waals surface area contributed by atoms with Gasteiger partial charge in [-0.2, -0.15) is 0 Å². The summed E-state index contributed by atoms with van der Waals surface area (Å²) in [6.45, 7) is 1.97. The van der Waals surface area contributed by atoms with Gasteiger partial charge in [0.1, 0.15) is 5.82 Å². The molecule has 1 aromatic carbocycles. The number of nitrogens with two attached hydrogens (primary N) is 1. The summed E-state index contributed by atoms with van der Waals surface area (Å²) in [5.74, 6) is -0.202. The zero-order valence-electron chi connectivity index (χ0n) is 11.8. The number of rotatable bonds is 2. The Labute approximate surface area is 123 Å². The second-order valence-corrected chi connectivity index (χ2v) is 6.83. The van der Waals surface area contributed by atoms with E-state index in [2.05, 4.69) is 6.07 Å². The molecular formula is C17H20FNS. The van der Waals surface area contributed by atoms with Crippen molar-refractivity contribution in [2.75, 3.05) is 0 Å². The molecule has 0 saturated carbocycles. The second-order valence-electron chi connectivity index (χ2n) is 5.66. The van der Waals surface area contributed by atoms with Crippen LogP contribution in [0.1, 0.15) is 51.7 Å². The van der Waals surface area contributed by atoms with Crippen molar-refractivity contribution in [2.45, 2.75) is 45.1 Å². The Hall–Kier alpha value is -1.19. The van der Waals surface area contributed by atoms with Crippen molar-refractivity contribution >= 4 is 11.3 Å². The molecule has 0 bridgehead atoms. The van der Waals surface area contributed by atoms with E-state index in [1.165, 1.54) is 35.8 Å². The van der Waals surface area contributed by atoms with E-state index < -0.39 is 0 Å². The van der Waals surface area contributed by atoms with Gasteiger partial charge in [0.2, 0.25) is 0 Å². The number of benzene rings is 1. The Kier molecular flexibility index (Phi) is 3.90. The van der Waals surface area contributed by atoms with Crippen LogP contribution in [0.2, 0.25) is 0 Å². The topological polar surface area (TPSA) is 26.0 Å². The van der Waals surface area contributed by atoms with Gasteiger partial charge in [-0.05, 0) is 50.3 Å². The third kappa shape index (κ3) is 2.65. The summed E-state index contributed by atoms with van der Waals surface area (Å²) in [4.78, 5) is 2.56. The van der Waals surface area contributed by atoms with Gasteiger partial charge in [0.25, 0.3) is 0 Å². The van der Waals surface area contributed by atoms with E-state index in [0.29, 0.717) is 5.56 Å². The molecule has 106 valence electrons. The van der Waals surface area contributed by atoms with Crippen LogP contribution in [0.25, 0.3) is 0 Å². The lowest BCUT2D eigenvalue weighted by Gasteiger charge is -2.12. The van der Waals surface area contributed by atoms with E-state index in [1.807, 2.05) is 13.0 Å². The lowest BCUT2D eigenvalue weighted by molar-refractivity contribution is 0.600. The predicted octanol–water partition coefficient (Wildman–Crippen LogP) is 4.51. The first-order valence-electron chi connectivity index (χ1n) is 7.28. The Morgan fingerprint density at radius 3 is 2.80 bits per heavy atom. The highest BCUT2D eigenvalue weighted by Gasteiger charge is 2.19. The maximum Gasteiger partial charge on any atom is 0.128 e. The highest BCUT2D eigenvalue weighted by Crippen LogP contribution is 2.34. The van der Waals surface area contributed by atoms with Crippen molar-refractivity contribution in [3.05, 3.63) is 56.5 Å². The molecule has 1 atom stereocenters. The summed E-state index contributed by atoms with van der Waals surface area (Å²) < 4.78 is 14.0. The van der Waals surface area contributed by atoms with Crippen molar-refractivity contribution in [3.63, 3.8) is 0 Å². The molecule has 3 heteroatoms. The first-order chi connectivity index (χ1) is 9.65. The monoisotopic (exact) mass is 289 g/mol. The maximum atomic E-state index is 14.0. The fourth-order valence-electron chi connectivity index (χ4n) is 2.90. The summed E-state index contributed by atoms with van der Waals surface area (Å²) >= 11 is 1.77. The van der Waals surface area contributed by atoms with Crippen LogP contribution in [0.3, 0.4) is 0 Å². The van der Waals surface area contributed by atoms with Gasteiger partial charge in [-0.15, -0.1) is 11.3 Å². The molecule has 1 aliphatic carbocycles. The lowest BCUT2D eigenvalue weighted by Crippen LogP contribution is -2.12. The molecule has 0 amide bonds. The van der Waals surface area contributed by atoms with Crippen molar-refractivity contribution in [2.24, 2.45) is 5.73 Å². The smallest absolute Gasteiger partial charge is 0.128 e. The molecule has 1 aliphatic rings. The number of aryl methyl sites for hydroxylation is 3. The van der Waals surface area contributed by atoms with Crippen LogP contribution in [0.15, 0.2) is 24.3 Å². The van der Waals surface area contributed by atoms with E-state index in [0.717, 1.165) is 23.3 Å². The van der Waals surface area contributed by atoms with Crippen LogP contribution in [0.5, 0.6) is 0 Å². The summed E-state index contributed by atoms with van der Waals surface area (Å²) in [5.41, 5.74) is 9.41. The summed E-state index contributed by atoms with van der Waals surface area (Å²) in [6, 6.07) is 7.04. The second kappa shape index (κ2) is 5.66. The molecule has 1 unspecified atom stereocenters. The van der Waals surface area contributed by atoms with Crippen LogP contribution in [0.4, 0.5) is 4.39 Å². The first-order valence-corrected chi connectivity index (χ1v) is 8.10. The van der Waals surface area contributed by atoms with E-state index in [-0.39, 0.29) is 11.9 Å². The fraction of sp³-hybridized carbons (Fsp3) is 0.412. The minimum atomic E-state index is -0.341. The zero-order valence-corrected chi connectivity index (χ0v) is 12.6. The molecule has 1 nitrogen and oxygen atoms in total. The lowest BCUT2D eigenvalue weighted by atomic mass is 10.0. The summed E-state index contributed by atoms with van der Waals surface area (Å²) in [5, 5.41) is 0.